The van der Waals surface area contributed by atoms with Crippen molar-refractivity contribution in [2.45, 2.75) is 45.6 Å². The van der Waals surface area contributed by atoms with Crippen LogP contribution in [0.3, 0.4) is 0 Å². The maximum atomic E-state index is 6.27. The highest BCUT2D eigenvalue weighted by Crippen LogP contribution is 2.30. The molecule has 0 spiro atoms. The Labute approximate surface area is 155 Å². The van der Waals surface area contributed by atoms with Crippen LogP contribution in [0.25, 0.3) is 0 Å². The molecule has 0 saturated carbocycles. The van der Waals surface area contributed by atoms with E-state index in [4.69, 9.17) is 27.9 Å². The van der Waals surface area contributed by atoms with Gasteiger partial charge in [0, 0.05) is 5.69 Å². The van der Waals surface area contributed by atoms with Crippen molar-refractivity contribution in [3.63, 3.8) is 0 Å². The summed E-state index contributed by atoms with van der Waals surface area (Å²) in [6.45, 7) is 7.28. The highest BCUT2D eigenvalue weighted by molar-refractivity contribution is 6.42. The molecule has 130 valence electrons. The van der Waals surface area contributed by atoms with E-state index in [9.17, 15) is 0 Å². The maximum Gasteiger partial charge on any atom is 0.123 e. The minimum atomic E-state index is 0.0876. The van der Waals surface area contributed by atoms with Crippen molar-refractivity contribution in [1.29, 1.82) is 0 Å². The van der Waals surface area contributed by atoms with Crippen LogP contribution in [0.5, 0.6) is 5.75 Å². The van der Waals surface area contributed by atoms with Crippen LogP contribution in [0.2, 0.25) is 10.0 Å². The van der Waals surface area contributed by atoms with Crippen LogP contribution in [0.4, 0.5) is 5.69 Å². The van der Waals surface area contributed by atoms with Crippen molar-refractivity contribution >= 4 is 28.9 Å². The Bertz CT molecular complexity index is 660. The van der Waals surface area contributed by atoms with E-state index in [1.54, 1.807) is 6.07 Å². The molecule has 2 aromatic rings. The summed E-state index contributed by atoms with van der Waals surface area (Å²) in [5.74, 6) is 1.47. The standard InChI is InChI=1S/C20H25Cl2NO/c1-4-14(3)17-8-6-7-9-20(17)24-16(5-2)13-23-15-10-11-18(21)19(22)12-15/h6-12,14,16,23H,4-5,13H2,1-3H3. The maximum absolute atomic E-state index is 6.27. The monoisotopic (exact) mass is 365 g/mol. The Kier molecular flexibility index (Phi) is 7.26. The number of para-hydroxylation sites is 1. The molecule has 0 bridgehead atoms. The first-order valence-electron chi connectivity index (χ1n) is 8.49. The Balaban J connectivity index is 2.03. The Morgan fingerprint density at radius 2 is 1.75 bits per heavy atom. The van der Waals surface area contributed by atoms with Gasteiger partial charge in [-0.25, -0.2) is 0 Å². The zero-order valence-corrected chi connectivity index (χ0v) is 16.0. The summed E-state index contributed by atoms with van der Waals surface area (Å²) in [7, 11) is 0. The van der Waals surface area contributed by atoms with E-state index in [2.05, 4.69) is 44.3 Å². The number of hydrogen-bond acceptors (Lipinski definition) is 2. The number of benzene rings is 2. The van der Waals surface area contributed by atoms with Gasteiger partial charge in [0.25, 0.3) is 0 Å². The number of ether oxygens (including phenoxy) is 1. The third-order valence-corrected chi connectivity index (χ3v) is 5.00. The van der Waals surface area contributed by atoms with E-state index in [1.165, 1.54) is 5.56 Å². The van der Waals surface area contributed by atoms with Crippen LogP contribution < -0.4 is 10.1 Å². The van der Waals surface area contributed by atoms with Gasteiger partial charge in [0.2, 0.25) is 0 Å². The van der Waals surface area contributed by atoms with Gasteiger partial charge in [-0.1, -0.05) is 62.2 Å². The molecule has 2 rings (SSSR count). The van der Waals surface area contributed by atoms with Crippen LogP contribution >= 0.6 is 23.2 Å². The molecule has 0 aliphatic heterocycles. The topological polar surface area (TPSA) is 21.3 Å². The van der Waals surface area contributed by atoms with Gasteiger partial charge in [0.15, 0.2) is 0 Å². The molecule has 0 radical (unpaired) electrons. The van der Waals surface area contributed by atoms with Crippen LogP contribution in [-0.2, 0) is 0 Å². The van der Waals surface area contributed by atoms with E-state index in [-0.39, 0.29) is 6.10 Å². The van der Waals surface area contributed by atoms with Gasteiger partial charge in [0.05, 0.1) is 16.6 Å². The second-order valence-corrected chi connectivity index (χ2v) is 6.82. The molecular formula is C20H25Cl2NO. The second-order valence-electron chi connectivity index (χ2n) is 6.01. The molecular weight excluding hydrogens is 341 g/mol. The molecule has 0 amide bonds. The van der Waals surface area contributed by atoms with Gasteiger partial charge in [-0.05, 0) is 48.6 Å². The molecule has 1 N–H and O–H groups in total. The van der Waals surface area contributed by atoms with Gasteiger partial charge in [-0.3, -0.25) is 0 Å². The van der Waals surface area contributed by atoms with Gasteiger partial charge < -0.3 is 10.1 Å². The molecule has 2 nitrogen and oxygen atoms in total. The quantitative estimate of drug-likeness (QED) is 0.556. The average molecular weight is 366 g/mol. The molecule has 0 saturated heterocycles. The molecule has 0 heterocycles. The molecule has 2 atom stereocenters. The summed E-state index contributed by atoms with van der Waals surface area (Å²) in [6.07, 6.45) is 2.10. The summed E-state index contributed by atoms with van der Waals surface area (Å²) < 4.78 is 6.27. The first-order valence-corrected chi connectivity index (χ1v) is 9.25. The lowest BCUT2D eigenvalue weighted by molar-refractivity contribution is 0.207. The number of hydrogen-bond donors (Lipinski definition) is 1. The van der Waals surface area contributed by atoms with E-state index >= 15 is 0 Å². The molecule has 24 heavy (non-hydrogen) atoms. The van der Waals surface area contributed by atoms with E-state index in [0.717, 1.165) is 24.3 Å². The molecule has 4 heteroatoms. The van der Waals surface area contributed by atoms with Crippen molar-refractivity contribution in [3.8, 4) is 5.75 Å². The third-order valence-electron chi connectivity index (χ3n) is 4.26. The predicted octanol–water partition coefficient (Wildman–Crippen LogP) is 6.78. The van der Waals surface area contributed by atoms with Crippen LogP contribution in [0, 0.1) is 0 Å². The van der Waals surface area contributed by atoms with Crippen molar-refractivity contribution < 1.29 is 4.74 Å². The Hall–Kier alpha value is -1.38. The average Bonchev–Trinajstić information content (AvgIpc) is 2.61. The Morgan fingerprint density at radius 3 is 2.42 bits per heavy atom. The Morgan fingerprint density at radius 1 is 1.00 bits per heavy atom. The minimum Gasteiger partial charge on any atom is -0.488 e. The van der Waals surface area contributed by atoms with Gasteiger partial charge in [0.1, 0.15) is 11.9 Å². The normalized spacial score (nSPS) is 13.4. The summed E-state index contributed by atoms with van der Waals surface area (Å²) in [5, 5.41) is 4.49. The smallest absolute Gasteiger partial charge is 0.123 e. The number of nitrogens with one attached hydrogen (secondary N) is 1. The highest BCUT2D eigenvalue weighted by atomic mass is 35.5. The van der Waals surface area contributed by atoms with E-state index in [1.807, 2.05) is 18.2 Å². The van der Waals surface area contributed by atoms with Crippen molar-refractivity contribution in [3.05, 3.63) is 58.1 Å². The van der Waals surface area contributed by atoms with Gasteiger partial charge in [-0.2, -0.15) is 0 Å². The number of halogens is 2. The molecule has 0 aliphatic carbocycles. The summed E-state index contributed by atoms with van der Waals surface area (Å²) in [5.41, 5.74) is 2.22. The fourth-order valence-electron chi connectivity index (χ4n) is 2.50. The van der Waals surface area contributed by atoms with Crippen molar-refractivity contribution in [2.24, 2.45) is 0 Å². The summed E-state index contributed by atoms with van der Waals surface area (Å²) >= 11 is 12.0. The lowest BCUT2D eigenvalue weighted by atomic mass is 9.98. The molecule has 0 fully saturated rings. The number of anilines is 1. The molecule has 2 unspecified atom stereocenters. The lowest BCUT2D eigenvalue weighted by Gasteiger charge is -2.22. The largest absolute Gasteiger partial charge is 0.488 e. The SMILES string of the molecule is CCC(CNc1ccc(Cl)c(Cl)c1)Oc1ccccc1C(C)CC. The minimum absolute atomic E-state index is 0.0876. The van der Waals surface area contributed by atoms with Crippen molar-refractivity contribution in [1.82, 2.24) is 0 Å². The second kappa shape index (κ2) is 9.19. The van der Waals surface area contributed by atoms with Gasteiger partial charge in [-0.15, -0.1) is 0 Å². The molecule has 2 aromatic carbocycles. The van der Waals surface area contributed by atoms with Gasteiger partial charge >= 0.3 is 0 Å². The van der Waals surface area contributed by atoms with E-state index < -0.39 is 0 Å². The van der Waals surface area contributed by atoms with Crippen molar-refractivity contribution in [2.75, 3.05) is 11.9 Å². The third kappa shape index (κ3) is 5.06. The van der Waals surface area contributed by atoms with E-state index in [0.29, 0.717) is 22.5 Å². The zero-order valence-electron chi connectivity index (χ0n) is 14.5. The molecule has 0 aromatic heterocycles. The number of rotatable bonds is 8. The summed E-state index contributed by atoms with van der Waals surface area (Å²) in [6, 6.07) is 13.9. The van der Waals surface area contributed by atoms with Crippen LogP contribution in [-0.4, -0.2) is 12.6 Å². The lowest BCUT2D eigenvalue weighted by Crippen LogP contribution is -2.26. The van der Waals surface area contributed by atoms with Crippen LogP contribution in [0.15, 0.2) is 42.5 Å². The fraction of sp³-hybridized carbons (Fsp3) is 0.400. The fourth-order valence-corrected chi connectivity index (χ4v) is 2.80. The first kappa shape index (κ1) is 19.0. The first-order chi connectivity index (χ1) is 11.5. The predicted molar refractivity (Wildman–Crippen MR) is 105 cm³/mol. The zero-order chi connectivity index (χ0) is 17.5. The van der Waals surface area contributed by atoms with Crippen LogP contribution in [0.1, 0.15) is 45.1 Å². The summed E-state index contributed by atoms with van der Waals surface area (Å²) in [4.78, 5) is 0. The highest BCUT2D eigenvalue weighted by Gasteiger charge is 2.14. The molecule has 0 aliphatic rings.